The van der Waals surface area contributed by atoms with Crippen LogP contribution in [0.3, 0.4) is 0 Å². The molecule has 0 aliphatic heterocycles. The number of benzene rings is 1. The molecule has 0 atom stereocenters. The summed E-state index contributed by atoms with van der Waals surface area (Å²) in [6.07, 6.45) is 5.56. The zero-order valence-electron chi connectivity index (χ0n) is 11.1. The van der Waals surface area contributed by atoms with Gasteiger partial charge in [-0.05, 0) is 12.8 Å². The molecule has 1 aliphatic carbocycles. The molecule has 1 N–H and O–H groups in total. The number of imidazole rings is 1. The van der Waals surface area contributed by atoms with Crippen LogP contribution in [0.15, 0.2) is 42.9 Å². The first-order valence-electron chi connectivity index (χ1n) is 6.81. The summed E-state index contributed by atoms with van der Waals surface area (Å²) in [5, 5.41) is 3.32. The van der Waals surface area contributed by atoms with E-state index in [4.69, 9.17) is 0 Å². The number of alkyl halides is 2. The third-order valence-electron chi connectivity index (χ3n) is 3.41. The molecule has 1 aromatic heterocycles. The van der Waals surface area contributed by atoms with Crippen LogP contribution in [0.1, 0.15) is 24.1 Å². The fraction of sp³-hybridized carbons (Fsp3) is 0.400. The maximum atomic E-state index is 14.1. The molecule has 2 aromatic rings. The standard InChI is InChI=1S/C15H17F2N3/c16-15(17,12-4-2-1-3-5-12)10-20-9-14(19-11-20)8-18-13-6-7-13/h1-5,9,11,13,18H,6-8,10H2. The lowest BCUT2D eigenvalue weighted by atomic mass is 10.1. The van der Waals surface area contributed by atoms with E-state index in [2.05, 4.69) is 10.3 Å². The summed E-state index contributed by atoms with van der Waals surface area (Å²) in [5.74, 6) is -2.89. The molecule has 1 aliphatic rings. The highest BCUT2D eigenvalue weighted by Gasteiger charge is 2.31. The van der Waals surface area contributed by atoms with E-state index >= 15 is 0 Å². The highest BCUT2D eigenvalue weighted by atomic mass is 19.3. The lowest BCUT2D eigenvalue weighted by molar-refractivity contribution is -0.0222. The van der Waals surface area contributed by atoms with E-state index in [-0.39, 0.29) is 12.1 Å². The number of rotatable bonds is 6. The summed E-state index contributed by atoms with van der Waals surface area (Å²) in [5.41, 5.74) is 0.840. The molecular formula is C15H17F2N3. The minimum absolute atomic E-state index is 0.0337. The summed E-state index contributed by atoms with van der Waals surface area (Å²) in [6.45, 7) is 0.266. The predicted molar refractivity (Wildman–Crippen MR) is 72.4 cm³/mol. The van der Waals surface area contributed by atoms with Gasteiger partial charge in [0, 0.05) is 24.3 Å². The normalized spacial score (nSPS) is 15.5. The van der Waals surface area contributed by atoms with Gasteiger partial charge in [-0.2, -0.15) is 8.78 Å². The van der Waals surface area contributed by atoms with Crippen LogP contribution in [0.2, 0.25) is 0 Å². The van der Waals surface area contributed by atoms with E-state index < -0.39 is 5.92 Å². The number of hydrogen-bond acceptors (Lipinski definition) is 2. The number of nitrogens with one attached hydrogen (secondary N) is 1. The second-order valence-electron chi connectivity index (χ2n) is 5.26. The van der Waals surface area contributed by atoms with Gasteiger partial charge in [0.05, 0.1) is 18.6 Å². The third kappa shape index (κ3) is 3.22. The van der Waals surface area contributed by atoms with Crippen LogP contribution in [0.5, 0.6) is 0 Å². The van der Waals surface area contributed by atoms with Gasteiger partial charge in [0.25, 0.3) is 5.92 Å². The van der Waals surface area contributed by atoms with Gasteiger partial charge in [-0.25, -0.2) is 4.98 Å². The number of hydrogen-bond donors (Lipinski definition) is 1. The molecule has 0 radical (unpaired) electrons. The third-order valence-corrected chi connectivity index (χ3v) is 3.41. The summed E-state index contributed by atoms with van der Waals surface area (Å²) >= 11 is 0. The molecule has 3 rings (SSSR count). The summed E-state index contributed by atoms with van der Waals surface area (Å²) in [7, 11) is 0. The van der Waals surface area contributed by atoms with Gasteiger partial charge < -0.3 is 9.88 Å². The highest BCUT2D eigenvalue weighted by molar-refractivity contribution is 5.20. The molecule has 0 unspecified atom stereocenters. The van der Waals surface area contributed by atoms with E-state index in [1.807, 2.05) is 0 Å². The number of nitrogens with zero attached hydrogens (tertiary/aromatic N) is 2. The molecule has 1 aromatic carbocycles. The van der Waals surface area contributed by atoms with E-state index in [0.717, 1.165) is 5.69 Å². The van der Waals surface area contributed by atoms with Crippen molar-refractivity contribution in [1.82, 2.24) is 14.9 Å². The van der Waals surface area contributed by atoms with Crippen molar-refractivity contribution in [3.8, 4) is 0 Å². The van der Waals surface area contributed by atoms with Crippen LogP contribution >= 0.6 is 0 Å². The Bertz CT molecular complexity index is 562. The van der Waals surface area contributed by atoms with Crippen molar-refractivity contribution in [2.24, 2.45) is 0 Å². The molecule has 0 spiro atoms. The fourth-order valence-corrected chi connectivity index (χ4v) is 2.12. The quantitative estimate of drug-likeness (QED) is 0.880. The van der Waals surface area contributed by atoms with Crippen molar-refractivity contribution in [1.29, 1.82) is 0 Å². The Morgan fingerprint density at radius 2 is 2.00 bits per heavy atom. The molecule has 0 amide bonds. The molecule has 1 heterocycles. The first-order valence-corrected chi connectivity index (χ1v) is 6.81. The minimum atomic E-state index is -2.89. The van der Waals surface area contributed by atoms with Gasteiger partial charge in [0.15, 0.2) is 0 Å². The van der Waals surface area contributed by atoms with Crippen molar-refractivity contribution >= 4 is 0 Å². The molecule has 0 bridgehead atoms. The second kappa shape index (κ2) is 5.32. The van der Waals surface area contributed by atoms with Crippen LogP contribution in [-0.2, 0) is 19.0 Å². The van der Waals surface area contributed by atoms with E-state index in [1.54, 1.807) is 24.4 Å². The predicted octanol–water partition coefficient (Wildman–Crippen LogP) is 2.93. The Morgan fingerprint density at radius 1 is 1.25 bits per heavy atom. The topological polar surface area (TPSA) is 29.9 Å². The summed E-state index contributed by atoms with van der Waals surface area (Å²) < 4.78 is 29.7. The number of aromatic nitrogens is 2. The molecule has 5 heteroatoms. The molecule has 106 valence electrons. The van der Waals surface area contributed by atoms with E-state index in [0.29, 0.717) is 12.6 Å². The van der Waals surface area contributed by atoms with E-state index in [9.17, 15) is 8.78 Å². The average Bonchev–Trinajstić information content (AvgIpc) is 3.18. The first kappa shape index (κ1) is 13.2. The molecule has 0 saturated heterocycles. The monoisotopic (exact) mass is 277 g/mol. The van der Waals surface area contributed by atoms with Crippen molar-refractivity contribution in [3.63, 3.8) is 0 Å². The van der Waals surface area contributed by atoms with E-state index in [1.165, 1.54) is 35.9 Å². The fourth-order valence-electron chi connectivity index (χ4n) is 2.12. The van der Waals surface area contributed by atoms with Crippen LogP contribution in [-0.4, -0.2) is 15.6 Å². The average molecular weight is 277 g/mol. The maximum absolute atomic E-state index is 14.1. The Labute approximate surface area is 116 Å². The minimum Gasteiger partial charge on any atom is -0.331 e. The first-order chi connectivity index (χ1) is 9.63. The maximum Gasteiger partial charge on any atom is 0.290 e. The van der Waals surface area contributed by atoms with Gasteiger partial charge in [-0.3, -0.25) is 0 Å². The van der Waals surface area contributed by atoms with Gasteiger partial charge in [0.2, 0.25) is 0 Å². The zero-order chi connectivity index (χ0) is 14.0. The van der Waals surface area contributed by atoms with Crippen LogP contribution in [0, 0.1) is 0 Å². The molecule has 1 fully saturated rings. The molecular weight excluding hydrogens is 260 g/mol. The number of halogens is 2. The Kier molecular flexibility index (Phi) is 3.53. The van der Waals surface area contributed by atoms with Crippen LogP contribution < -0.4 is 5.32 Å². The summed E-state index contributed by atoms with van der Waals surface area (Å²) in [6, 6.07) is 8.48. The zero-order valence-corrected chi connectivity index (χ0v) is 11.1. The van der Waals surface area contributed by atoms with Gasteiger partial charge >= 0.3 is 0 Å². The molecule has 3 nitrogen and oxygen atoms in total. The second-order valence-corrected chi connectivity index (χ2v) is 5.26. The SMILES string of the molecule is FC(F)(Cn1cnc(CNC2CC2)c1)c1ccccc1. The Hall–Kier alpha value is -1.75. The van der Waals surface area contributed by atoms with Gasteiger partial charge in [0.1, 0.15) is 0 Å². The van der Waals surface area contributed by atoms with Crippen molar-refractivity contribution in [3.05, 3.63) is 54.1 Å². The Balaban J connectivity index is 1.64. The smallest absolute Gasteiger partial charge is 0.290 e. The van der Waals surface area contributed by atoms with Crippen molar-refractivity contribution in [2.75, 3.05) is 0 Å². The Morgan fingerprint density at radius 3 is 2.70 bits per heavy atom. The van der Waals surface area contributed by atoms with Gasteiger partial charge in [-0.15, -0.1) is 0 Å². The largest absolute Gasteiger partial charge is 0.331 e. The van der Waals surface area contributed by atoms with Crippen molar-refractivity contribution < 1.29 is 8.78 Å². The lowest BCUT2D eigenvalue weighted by Crippen LogP contribution is -2.20. The molecule has 1 saturated carbocycles. The van der Waals surface area contributed by atoms with Crippen LogP contribution in [0.4, 0.5) is 8.78 Å². The molecule has 20 heavy (non-hydrogen) atoms. The highest BCUT2D eigenvalue weighted by Crippen LogP contribution is 2.29. The van der Waals surface area contributed by atoms with Gasteiger partial charge in [-0.1, -0.05) is 30.3 Å². The van der Waals surface area contributed by atoms with Crippen molar-refractivity contribution in [2.45, 2.75) is 37.9 Å². The van der Waals surface area contributed by atoms with Crippen LogP contribution in [0.25, 0.3) is 0 Å². The lowest BCUT2D eigenvalue weighted by Gasteiger charge is -2.17. The summed E-state index contributed by atoms with van der Waals surface area (Å²) in [4.78, 5) is 4.16.